The SMILES string of the molecule is Cc1ccc2cc(C3OCCCC3N)ccc2n1. The molecule has 3 heteroatoms. The number of aromatic nitrogens is 1. The summed E-state index contributed by atoms with van der Waals surface area (Å²) in [6.07, 6.45) is 2.13. The minimum absolute atomic E-state index is 0.0319. The fourth-order valence-electron chi connectivity index (χ4n) is 2.57. The van der Waals surface area contributed by atoms with Gasteiger partial charge in [0.2, 0.25) is 0 Å². The van der Waals surface area contributed by atoms with Gasteiger partial charge < -0.3 is 10.5 Å². The van der Waals surface area contributed by atoms with Crippen LogP contribution in [-0.2, 0) is 4.74 Å². The minimum atomic E-state index is 0.0319. The molecular formula is C15H18N2O. The van der Waals surface area contributed by atoms with Crippen LogP contribution in [0.3, 0.4) is 0 Å². The van der Waals surface area contributed by atoms with Crippen LogP contribution in [-0.4, -0.2) is 17.6 Å². The number of ether oxygens (including phenoxy) is 1. The second-order valence-corrected chi connectivity index (χ2v) is 5.00. The second-order valence-electron chi connectivity index (χ2n) is 5.00. The molecule has 2 N–H and O–H groups in total. The van der Waals surface area contributed by atoms with Gasteiger partial charge in [-0.1, -0.05) is 12.1 Å². The lowest BCUT2D eigenvalue weighted by Crippen LogP contribution is -2.34. The zero-order chi connectivity index (χ0) is 12.5. The lowest BCUT2D eigenvalue weighted by Gasteiger charge is -2.29. The Bertz CT molecular complexity index is 567. The van der Waals surface area contributed by atoms with Crippen LogP contribution in [0.1, 0.15) is 30.2 Å². The molecule has 1 fully saturated rings. The Kier molecular flexibility index (Phi) is 3.02. The number of fused-ring (bicyclic) bond motifs is 1. The number of hydrogen-bond acceptors (Lipinski definition) is 3. The molecule has 3 nitrogen and oxygen atoms in total. The molecular weight excluding hydrogens is 224 g/mol. The number of benzene rings is 1. The van der Waals surface area contributed by atoms with Crippen LogP contribution >= 0.6 is 0 Å². The van der Waals surface area contributed by atoms with Gasteiger partial charge in [0.25, 0.3) is 0 Å². The number of pyridine rings is 1. The molecule has 1 aromatic heterocycles. The van der Waals surface area contributed by atoms with Crippen molar-refractivity contribution in [1.29, 1.82) is 0 Å². The highest BCUT2D eigenvalue weighted by molar-refractivity contribution is 5.79. The molecule has 0 saturated carbocycles. The van der Waals surface area contributed by atoms with E-state index in [0.717, 1.165) is 36.0 Å². The normalized spacial score (nSPS) is 24.3. The van der Waals surface area contributed by atoms with E-state index in [2.05, 4.69) is 29.2 Å². The quantitative estimate of drug-likeness (QED) is 0.836. The van der Waals surface area contributed by atoms with Gasteiger partial charge in [-0.15, -0.1) is 0 Å². The summed E-state index contributed by atoms with van der Waals surface area (Å²) >= 11 is 0. The summed E-state index contributed by atoms with van der Waals surface area (Å²) in [5.41, 5.74) is 9.38. The summed E-state index contributed by atoms with van der Waals surface area (Å²) in [6, 6.07) is 10.5. The lowest BCUT2D eigenvalue weighted by molar-refractivity contribution is 0.000222. The molecule has 1 saturated heterocycles. The van der Waals surface area contributed by atoms with Crippen molar-refractivity contribution in [2.75, 3.05) is 6.61 Å². The molecule has 94 valence electrons. The molecule has 2 atom stereocenters. The van der Waals surface area contributed by atoms with E-state index in [1.165, 1.54) is 5.56 Å². The Morgan fingerprint density at radius 1 is 1.28 bits per heavy atom. The monoisotopic (exact) mass is 242 g/mol. The maximum Gasteiger partial charge on any atom is 0.0975 e. The Labute approximate surface area is 107 Å². The molecule has 0 spiro atoms. The van der Waals surface area contributed by atoms with Gasteiger partial charge in [-0.25, -0.2) is 0 Å². The van der Waals surface area contributed by atoms with E-state index in [0.29, 0.717) is 0 Å². The van der Waals surface area contributed by atoms with Crippen LogP contribution < -0.4 is 5.73 Å². The van der Waals surface area contributed by atoms with Gasteiger partial charge in [0, 0.05) is 23.7 Å². The van der Waals surface area contributed by atoms with Crippen molar-refractivity contribution >= 4 is 10.9 Å². The van der Waals surface area contributed by atoms with Crippen LogP contribution in [0.2, 0.25) is 0 Å². The van der Waals surface area contributed by atoms with Crippen LogP contribution in [0, 0.1) is 6.92 Å². The maximum absolute atomic E-state index is 6.14. The maximum atomic E-state index is 6.14. The van der Waals surface area contributed by atoms with E-state index in [-0.39, 0.29) is 12.1 Å². The van der Waals surface area contributed by atoms with Gasteiger partial charge in [-0.05, 0) is 43.5 Å². The molecule has 3 rings (SSSR count). The average molecular weight is 242 g/mol. The minimum Gasteiger partial charge on any atom is -0.372 e. The van der Waals surface area contributed by atoms with E-state index in [1.54, 1.807) is 0 Å². The molecule has 2 unspecified atom stereocenters. The van der Waals surface area contributed by atoms with Crippen LogP contribution in [0.4, 0.5) is 0 Å². The standard InChI is InChI=1S/C15H18N2O/c1-10-4-5-11-9-12(6-7-14(11)17-10)15-13(16)3-2-8-18-15/h4-7,9,13,15H,2-3,8,16H2,1H3. The number of rotatable bonds is 1. The van der Waals surface area contributed by atoms with Gasteiger partial charge in [0.1, 0.15) is 0 Å². The largest absolute Gasteiger partial charge is 0.372 e. The van der Waals surface area contributed by atoms with Crippen molar-refractivity contribution in [3.05, 3.63) is 41.6 Å². The average Bonchev–Trinajstić information content (AvgIpc) is 2.39. The van der Waals surface area contributed by atoms with Gasteiger partial charge in [-0.2, -0.15) is 0 Å². The number of hydrogen-bond donors (Lipinski definition) is 1. The van der Waals surface area contributed by atoms with Crippen molar-refractivity contribution in [1.82, 2.24) is 4.98 Å². The van der Waals surface area contributed by atoms with E-state index in [4.69, 9.17) is 10.5 Å². The Morgan fingerprint density at radius 2 is 2.17 bits per heavy atom. The molecule has 0 radical (unpaired) electrons. The molecule has 1 aliphatic rings. The van der Waals surface area contributed by atoms with Crippen LogP contribution in [0.5, 0.6) is 0 Å². The first kappa shape index (κ1) is 11.6. The number of nitrogens with zero attached hydrogens (tertiary/aromatic N) is 1. The lowest BCUT2D eigenvalue weighted by atomic mass is 9.96. The van der Waals surface area contributed by atoms with Gasteiger partial charge >= 0.3 is 0 Å². The number of nitrogens with two attached hydrogens (primary N) is 1. The van der Waals surface area contributed by atoms with Gasteiger partial charge in [0.05, 0.1) is 11.6 Å². The Morgan fingerprint density at radius 3 is 3.00 bits per heavy atom. The Balaban J connectivity index is 1.99. The van der Waals surface area contributed by atoms with Crippen LogP contribution in [0.25, 0.3) is 10.9 Å². The molecule has 18 heavy (non-hydrogen) atoms. The third-order valence-electron chi connectivity index (χ3n) is 3.55. The van der Waals surface area contributed by atoms with Crippen molar-refractivity contribution in [3.63, 3.8) is 0 Å². The Hall–Kier alpha value is -1.45. The summed E-state index contributed by atoms with van der Waals surface area (Å²) < 4.78 is 5.80. The first-order valence-corrected chi connectivity index (χ1v) is 6.48. The highest BCUT2D eigenvalue weighted by atomic mass is 16.5. The third kappa shape index (κ3) is 2.11. The number of aryl methyl sites for hydroxylation is 1. The smallest absolute Gasteiger partial charge is 0.0975 e. The second kappa shape index (κ2) is 4.67. The predicted molar refractivity (Wildman–Crippen MR) is 72.4 cm³/mol. The summed E-state index contributed by atoms with van der Waals surface area (Å²) in [4.78, 5) is 4.51. The zero-order valence-electron chi connectivity index (χ0n) is 10.6. The van der Waals surface area contributed by atoms with E-state index in [9.17, 15) is 0 Å². The fraction of sp³-hybridized carbons (Fsp3) is 0.400. The van der Waals surface area contributed by atoms with Gasteiger partial charge in [-0.3, -0.25) is 4.98 Å². The first-order valence-electron chi connectivity index (χ1n) is 6.48. The third-order valence-corrected chi connectivity index (χ3v) is 3.55. The van der Waals surface area contributed by atoms with Gasteiger partial charge in [0.15, 0.2) is 0 Å². The molecule has 2 aromatic rings. The summed E-state index contributed by atoms with van der Waals surface area (Å²) in [5.74, 6) is 0. The van der Waals surface area contributed by atoms with E-state index in [1.807, 2.05) is 13.0 Å². The summed E-state index contributed by atoms with van der Waals surface area (Å²) in [6.45, 7) is 2.82. The van der Waals surface area contributed by atoms with Crippen molar-refractivity contribution in [3.8, 4) is 0 Å². The first-order chi connectivity index (χ1) is 8.74. The predicted octanol–water partition coefficient (Wildman–Crippen LogP) is 2.72. The van der Waals surface area contributed by atoms with Crippen molar-refractivity contribution < 1.29 is 4.74 Å². The summed E-state index contributed by atoms with van der Waals surface area (Å²) in [5, 5.41) is 1.15. The highest BCUT2D eigenvalue weighted by Crippen LogP contribution is 2.29. The molecule has 0 bridgehead atoms. The van der Waals surface area contributed by atoms with Crippen molar-refractivity contribution in [2.24, 2.45) is 5.73 Å². The highest BCUT2D eigenvalue weighted by Gasteiger charge is 2.24. The molecule has 0 aliphatic carbocycles. The molecule has 1 aliphatic heterocycles. The van der Waals surface area contributed by atoms with Crippen LogP contribution in [0.15, 0.2) is 30.3 Å². The topological polar surface area (TPSA) is 48.1 Å². The summed E-state index contributed by atoms with van der Waals surface area (Å²) in [7, 11) is 0. The fourth-order valence-corrected chi connectivity index (χ4v) is 2.57. The van der Waals surface area contributed by atoms with E-state index >= 15 is 0 Å². The molecule has 1 aromatic carbocycles. The zero-order valence-corrected chi connectivity index (χ0v) is 10.6. The van der Waals surface area contributed by atoms with Crippen molar-refractivity contribution in [2.45, 2.75) is 31.9 Å². The molecule has 0 amide bonds. The van der Waals surface area contributed by atoms with E-state index < -0.39 is 0 Å². The molecule has 2 heterocycles.